The van der Waals surface area contributed by atoms with Gasteiger partial charge in [-0.1, -0.05) is 0 Å². The van der Waals surface area contributed by atoms with Gasteiger partial charge in [0, 0.05) is 6.92 Å². The third kappa shape index (κ3) is 26.6. The lowest BCUT2D eigenvalue weighted by Crippen LogP contribution is -2.07. The maximum absolute atomic E-state index is 9.82. The van der Waals surface area contributed by atoms with E-state index in [0.717, 1.165) is 0 Å². The second kappa shape index (κ2) is 9.39. The molecule has 2 N–H and O–H groups in total. The Morgan fingerprint density at radius 2 is 1.91 bits per heavy atom. The van der Waals surface area contributed by atoms with Gasteiger partial charge in [-0.2, -0.15) is 0 Å². The monoisotopic (exact) mass is 163 g/mol. The van der Waals surface area contributed by atoms with Crippen LogP contribution in [0.25, 0.3) is 0 Å². The Morgan fingerprint density at radius 1 is 1.55 bits per heavy atom. The smallest absolute Gasteiger partial charge is 0.302 e. The third-order valence-corrected chi connectivity index (χ3v) is 0.620. The van der Waals surface area contributed by atoms with Crippen LogP contribution < -0.4 is 5.90 Å². The van der Waals surface area contributed by atoms with Crippen molar-refractivity contribution in [1.29, 1.82) is 0 Å². The number of carbonyl (C=O) groups excluding carboxylic acids is 1. The number of esters is 1. The maximum Gasteiger partial charge on any atom is 0.302 e. The minimum atomic E-state index is -0.211. The highest BCUT2D eigenvalue weighted by Gasteiger charge is 1.81. The molecule has 0 aromatic heterocycles. The van der Waals surface area contributed by atoms with E-state index in [9.17, 15) is 4.79 Å². The minimum absolute atomic E-state index is 0.162. The summed E-state index contributed by atoms with van der Waals surface area (Å²) in [5, 5.41) is 0. The lowest BCUT2D eigenvalue weighted by molar-refractivity contribution is -0.140. The van der Waals surface area contributed by atoms with E-state index in [1.165, 1.54) is 6.92 Å². The molecule has 0 bridgehead atoms. The summed E-state index contributed by atoms with van der Waals surface area (Å²) < 4.78 is 4.40. The summed E-state index contributed by atoms with van der Waals surface area (Å²) in [6, 6.07) is 0. The first-order valence-corrected chi connectivity index (χ1v) is 3.53. The standard InChI is InChI=1S/C4H8O2.C3H9NO/c1-3-6-4(2)5;1-3(2)5-4/h3H2,1-2H3;3H,4H2,1-2H3. The van der Waals surface area contributed by atoms with Crippen LogP contribution in [0.5, 0.6) is 0 Å². The molecule has 11 heavy (non-hydrogen) atoms. The quantitative estimate of drug-likeness (QED) is 0.484. The van der Waals surface area contributed by atoms with Crippen molar-refractivity contribution in [1.82, 2.24) is 0 Å². The number of ether oxygens (including phenoxy) is 1. The molecule has 0 atom stereocenters. The molecule has 0 aromatic carbocycles. The molecule has 4 heteroatoms. The molecule has 68 valence electrons. The van der Waals surface area contributed by atoms with E-state index in [4.69, 9.17) is 0 Å². The zero-order valence-corrected chi connectivity index (χ0v) is 7.59. The van der Waals surface area contributed by atoms with Crippen molar-refractivity contribution >= 4 is 5.97 Å². The molecule has 0 heterocycles. The van der Waals surface area contributed by atoms with Gasteiger partial charge in [-0.15, -0.1) is 0 Å². The zero-order valence-electron chi connectivity index (χ0n) is 7.59. The van der Waals surface area contributed by atoms with E-state index in [-0.39, 0.29) is 12.1 Å². The van der Waals surface area contributed by atoms with Crippen LogP contribution >= 0.6 is 0 Å². The average molecular weight is 163 g/mol. The normalized spacial score (nSPS) is 8.55. The van der Waals surface area contributed by atoms with Crippen LogP contribution in [0.3, 0.4) is 0 Å². The molecule has 0 unspecified atom stereocenters. The van der Waals surface area contributed by atoms with Crippen molar-refractivity contribution in [2.45, 2.75) is 33.8 Å². The second-order valence-corrected chi connectivity index (χ2v) is 2.11. The highest BCUT2D eigenvalue weighted by molar-refractivity contribution is 5.65. The summed E-state index contributed by atoms with van der Waals surface area (Å²) in [5.41, 5.74) is 0. The Morgan fingerprint density at radius 3 is 1.91 bits per heavy atom. The summed E-state index contributed by atoms with van der Waals surface area (Å²) in [6.45, 7) is 7.40. The first kappa shape index (κ1) is 13.0. The number of nitrogens with two attached hydrogens (primary N) is 1. The van der Waals surface area contributed by atoms with Crippen molar-refractivity contribution in [3.8, 4) is 0 Å². The van der Waals surface area contributed by atoms with Gasteiger partial charge in [0.15, 0.2) is 0 Å². The van der Waals surface area contributed by atoms with Crippen LogP contribution in [0.1, 0.15) is 27.7 Å². The second-order valence-electron chi connectivity index (χ2n) is 2.11. The summed E-state index contributed by atoms with van der Waals surface area (Å²) in [7, 11) is 0. The van der Waals surface area contributed by atoms with Gasteiger partial charge in [-0.25, -0.2) is 5.90 Å². The Labute approximate surface area is 67.6 Å². The number of hydrogen-bond acceptors (Lipinski definition) is 4. The topological polar surface area (TPSA) is 61.6 Å². The fourth-order valence-electron chi connectivity index (χ4n) is 0.203. The fourth-order valence-corrected chi connectivity index (χ4v) is 0.203. The van der Waals surface area contributed by atoms with Crippen LogP contribution in [0.15, 0.2) is 0 Å². The van der Waals surface area contributed by atoms with Gasteiger partial charge in [0.2, 0.25) is 0 Å². The molecule has 0 saturated heterocycles. The van der Waals surface area contributed by atoms with Crippen LogP contribution in [-0.4, -0.2) is 18.7 Å². The molecule has 0 aliphatic heterocycles. The van der Waals surface area contributed by atoms with E-state index in [1.54, 1.807) is 6.92 Å². The molecule has 0 spiro atoms. The molecule has 0 aliphatic carbocycles. The van der Waals surface area contributed by atoms with Gasteiger partial charge in [0.1, 0.15) is 0 Å². The molecule has 0 aliphatic rings. The predicted octanol–water partition coefficient (Wildman–Crippen LogP) is 0.855. The van der Waals surface area contributed by atoms with Gasteiger partial charge < -0.3 is 9.57 Å². The summed E-state index contributed by atoms with van der Waals surface area (Å²) in [5.74, 6) is 4.46. The first-order chi connectivity index (χ1) is 5.04. The molecule has 0 rings (SSSR count). The minimum Gasteiger partial charge on any atom is -0.466 e. The Balaban J connectivity index is 0. The number of rotatable bonds is 2. The summed E-state index contributed by atoms with van der Waals surface area (Å²) in [4.78, 5) is 14.1. The molecule has 0 saturated carbocycles. The molecule has 0 aromatic rings. The van der Waals surface area contributed by atoms with Gasteiger partial charge in [-0.05, 0) is 20.8 Å². The Bertz CT molecular complexity index is 93.7. The Hall–Kier alpha value is -0.610. The van der Waals surface area contributed by atoms with E-state index >= 15 is 0 Å². The number of carbonyl (C=O) groups is 1. The largest absolute Gasteiger partial charge is 0.466 e. The van der Waals surface area contributed by atoms with E-state index in [1.807, 2.05) is 13.8 Å². The first-order valence-electron chi connectivity index (χ1n) is 3.53. The SMILES string of the molecule is CC(C)ON.CCOC(C)=O. The molecule has 4 nitrogen and oxygen atoms in total. The molecular weight excluding hydrogens is 146 g/mol. The lowest BCUT2D eigenvalue weighted by atomic mass is 10.5. The van der Waals surface area contributed by atoms with Crippen molar-refractivity contribution in [2.24, 2.45) is 5.90 Å². The summed E-state index contributed by atoms with van der Waals surface area (Å²) in [6.07, 6.45) is 0.162. The Kier molecular flexibility index (Phi) is 11.1. The van der Waals surface area contributed by atoms with Crippen molar-refractivity contribution in [2.75, 3.05) is 6.61 Å². The third-order valence-electron chi connectivity index (χ3n) is 0.620. The van der Waals surface area contributed by atoms with Crippen LogP contribution in [0, 0.1) is 0 Å². The van der Waals surface area contributed by atoms with Crippen LogP contribution in [0.2, 0.25) is 0 Å². The van der Waals surface area contributed by atoms with E-state index in [2.05, 4.69) is 15.5 Å². The van der Waals surface area contributed by atoms with Gasteiger partial charge in [0.05, 0.1) is 12.7 Å². The van der Waals surface area contributed by atoms with E-state index in [0.29, 0.717) is 6.61 Å². The summed E-state index contributed by atoms with van der Waals surface area (Å²) >= 11 is 0. The highest BCUT2D eigenvalue weighted by Crippen LogP contribution is 1.74. The molecule has 0 radical (unpaired) electrons. The highest BCUT2D eigenvalue weighted by atomic mass is 16.6. The molecule has 0 fully saturated rings. The van der Waals surface area contributed by atoms with Crippen molar-refractivity contribution in [3.63, 3.8) is 0 Å². The average Bonchev–Trinajstić information content (AvgIpc) is 1.89. The zero-order chi connectivity index (χ0) is 9.28. The maximum atomic E-state index is 9.82. The van der Waals surface area contributed by atoms with Gasteiger partial charge in [0.25, 0.3) is 0 Å². The molecule has 0 amide bonds. The van der Waals surface area contributed by atoms with Crippen LogP contribution in [-0.2, 0) is 14.4 Å². The number of hydrogen-bond donors (Lipinski definition) is 1. The van der Waals surface area contributed by atoms with Gasteiger partial charge >= 0.3 is 5.97 Å². The predicted molar refractivity (Wildman–Crippen MR) is 42.7 cm³/mol. The van der Waals surface area contributed by atoms with E-state index < -0.39 is 0 Å². The molecular formula is C7H17NO3. The lowest BCUT2D eigenvalue weighted by Gasteiger charge is -1.93. The van der Waals surface area contributed by atoms with Crippen molar-refractivity contribution < 1.29 is 14.4 Å². The van der Waals surface area contributed by atoms with Crippen molar-refractivity contribution in [3.05, 3.63) is 0 Å². The fraction of sp³-hybridized carbons (Fsp3) is 0.857. The van der Waals surface area contributed by atoms with Gasteiger partial charge in [-0.3, -0.25) is 4.79 Å². The van der Waals surface area contributed by atoms with Crippen LogP contribution in [0.4, 0.5) is 0 Å².